The highest BCUT2D eigenvalue weighted by Crippen LogP contribution is 2.31. The normalized spacial score (nSPS) is 11.0. The summed E-state index contributed by atoms with van der Waals surface area (Å²) in [5, 5.41) is 0. The number of aromatic nitrogens is 1. The van der Waals surface area contributed by atoms with Crippen molar-refractivity contribution >= 4 is 17.6 Å². The Morgan fingerprint density at radius 2 is 2.00 bits per heavy atom. The van der Waals surface area contributed by atoms with Crippen molar-refractivity contribution in [3.8, 4) is 11.5 Å². The van der Waals surface area contributed by atoms with Crippen LogP contribution in [0.2, 0.25) is 0 Å². The minimum Gasteiger partial charge on any atom is -0.454 e. The topological polar surface area (TPSA) is 98.5 Å². The van der Waals surface area contributed by atoms with Crippen molar-refractivity contribution in [2.75, 3.05) is 11.2 Å². The van der Waals surface area contributed by atoms with Gasteiger partial charge in [-0.1, -0.05) is 6.92 Å². The van der Waals surface area contributed by atoms with Gasteiger partial charge in [-0.25, -0.2) is 19.6 Å². The molecule has 7 nitrogen and oxygen atoms in total. The molecule has 0 spiro atoms. The van der Waals surface area contributed by atoms with E-state index >= 15 is 0 Å². The third-order valence-corrected chi connectivity index (χ3v) is 3.22. The maximum absolute atomic E-state index is 14.0. The Balaban J connectivity index is 2.17. The van der Waals surface area contributed by atoms with Crippen LogP contribution < -0.4 is 21.3 Å². The number of pyridine rings is 1. The fraction of sp³-hybridized carbons (Fsp3) is 0.333. The fourth-order valence-electron chi connectivity index (χ4n) is 2.15. The molecule has 0 radical (unpaired) electrons. The van der Waals surface area contributed by atoms with Gasteiger partial charge in [-0.3, -0.25) is 5.43 Å². The minimum absolute atomic E-state index is 0.0474. The molecule has 0 atom stereocenters. The van der Waals surface area contributed by atoms with E-state index in [-0.39, 0.29) is 5.75 Å². The Labute approximate surface area is 151 Å². The molecule has 0 bridgehead atoms. The summed E-state index contributed by atoms with van der Waals surface area (Å²) >= 11 is 0. The first-order chi connectivity index (χ1) is 12.2. The standard InChI is InChI=1S/C18H23FN4O3/c1-5-12-14(25-15-7-6-11(20)10-13(15)19)8-9-21-16(12)22-23-17(24)26-18(2,3)4/h6-10H,5,20H2,1-4H3,(H,21,22)(H,23,24). The van der Waals surface area contributed by atoms with Crippen LogP contribution >= 0.6 is 0 Å². The van der Waals surface area contributed by atoms with Gasteiger partial charge in [0.05, 0.1) is 0 Å². The van der Waals surface area contributed by atoms with Crippen LogP contribution in [0.5, 0.6) is 11.5 Å². The lowest BCUT2D eigenvalue weighted by atomic mass is 10.2. The first-order valence-corrected chi connectivity index (χ1v) is 8.15. The van der Waals surface area contributed by atoms with E-state index in [1.165, 1.54) is 18.3 Å². The zero-order chi connectivity index (χ0) is 19.3. The molecule has 1 heterocycles. The number of nitrogens with two attached hydrogens (primary N) is 1. The summed E-state index contributed by atoms with van der Waals surface area (Å²) in [7, 11) is 0. The quantitative estimate of drug-likeness (QED) is 0.549. The zero-order valence-corrected chi connectivity index (χ0v) is 15.2. The molecule has 1 amide bonds. The van der Waals surface area contributed by atoms with Crippen LogP contribution in [0.4, 0.5) is 20.7 Å². The van der Waals surface area contributed by atoms with Crippen LogP contribution in [0.1, 0.15) is 33.3 Å². The summed E-state index contributed by atoms with van der Waals surface area (Å²) in [6.45, 7) is 7.18. The van der Waals surface area contributed by atoms with E-state index in [4.69, 9.17) is 15.2 Å². The van der Waals surface area contributed by atoms with E-state index in [0.29, 0.717) is 29.2 Å². The van der Waals surface area contributed by atoms with Crippen molar-refractivity contribution in [1.29, 1.82) is 0 Å². The molecule has 1 aromatic carbocycles. The summed E-state index contributed by atoms with van der Waals surface area (Å²) in [5.74, 6) is 0.280. The van der Waals surface area contributed by atoms with Gasteiger partial charge in [-0.2, -0.15) is 0 Å². The van der Waals surface area contributed by atoms with Crippen LogP contribution in [-0.4, -0.2) is 16.7 Å². The lowest BCUT2D eigenvalue weighted by molar-refractivity contribution is 0.0540. The van der Waals surface area contributed by atoms with Gasteiger partial charge < -0.3 is 15.2 Å². The number of halogens is 1. The number of nitrogens with one attached hydrogen (secondary N) is 2. The average Bonchev–Trinajstić information content (AvgIpc) is 2.54. The summed E-state index contributed by atoms with van der Waals surface area (Å²) in [6.07, 6.45) is 1.39. The molecule has 0 saturated carbocycles. The molecule has 0 saturated heterocycles. The monoisotopic (exact) mass is 362 g/mol. The lowest BCUT2D eigenvalue weighted by Gasteiger charge is -2.20. The number of carbonyl (C=O) groups excluding carboxylic acids is 1. The molecule has 0 unspecified atom stereocenters. The van der Waals surface area contributed by atoms with Crippen LogP contribution in [0.3, 0.4) is 0 Å². The number of nitrogens with zero attached hydrogens (tertiary/aromatic N) is 1. The predicted octanol–water partition coefficient (Wildman–Crippen LogP) is 4.01. The van der Waals surface area contributed by atoms with E-state index in [1.807, 2.05) is 6.92 Å². The predicted molar refractivity (Wildman–Crippen MR) is 97.5 cm³/mol. The summed E-state index contributed by atoms with van der Waals surface area (Å²) < 4.78 is 24.8. The number of rotatable bonds is 5. The van der Waals surface area contributed by atoms with Crippen molar-refractivity contribution in [1.82, 2.24) is 10.4 Å². The first kappa shape index (κ1) is 19.3. The minimum atomic E-state index is -0.641. The average molecular weight is 362 g/mol. The molecular weight excluding hydrogens is 339 g/mol. The van der Waals surface area contributed by atoms with Crippen molar-refractivity contribution in [2.24, 2.45) is 0 Å². The molecule has 0 aliphatic rings. The van der Waals surface area contributed by atoms with E-state index < -0.39 is 17.5 Å². The largest absolute Gasteiger partial charge is 0.454 e. The molecule has 26 heavy (non-hydrogen) atoms. The number of ether oxygens (including phenoxy) is 2. The summed E-state index contributed by atoms with van der Waals surface area (Å²) in [6, 6.07) is 5.81. The molecule has 8 heteroatoms. The lowest BCUT2D eigenvalue weighted by Crippen LogP contribution is -2.36. The van der Waals surface area contributed by atoms with Gasteiger partial charge in [-0.15, -0.1) is 0 Å². The molecule has 2 rings (SSSR count). The van der Waals surface area contributed by atoms with Crippen molar-refractivity contribution in [3.05, 3.63) is 41.8 Å². The van der Waals surface area contributed by atoms with Crippen molar-refractivity contribution < 1.29 is 18.7 Å². The van der Waals surface area contributed by atoms with Crippen molar-refractivity contribution in [3.63, 3.8) is 0 Å². The Morgan fingerprint density at radius 3 is 2.62 bits per heavy atom. The number of carbonyl (C=O) groups is 1. The Kier molecular flexibility index (Phi) is 5.86. The van der Waals surface area contributed by atoms with E-state index in [1.54, 1.807) is 32.9 Å². The molecule has 0 aliphatic heterocycles. The van der Waals surface area contributed by atoms with Crippen LogP contribution in [-0.2, 0) is 11.2 Å². The third kappa shape index (κ3) is 5.23. The van der Waals surface area contributed by atoms with Gasteiger partial charge in [-0.05, 0) is 45.4 Å². The number of anilines is 2. The van der Waals surface area contributed by atoms with Crippen LogP contribution in [0.15, 0.2) is 30.5 Å². The highest BCUT2D eigenvalue weighted by molar-refractivity contribution is 5.70. The molecule has 140 valence electrons. The summed E-state index contributed by atoms with van der Waals surface area (Å²) in [5.41, 5.74) is 11.0. The smallest absolute Gasteiger partial charge is 0.426 e. The van der Waals surface area contributed by atoms with E-state index in [9.17, 15) is 9.18 Å². The number of hydrogen-bond donors (Lipinski definition) is 3. The highest BCUT2D eigenvalue weighted by atomic mass is 19.1. The Bertz CT molecular complexity index is 790. The number of nitrogen functional groups attached to an aromatic ring is 1. The molecular formula is C18H23FN4O3. The SMILES string of the molecule is CCc1c(Oc2ccc(N)cc2F)ccnc1NNC(=O)OC(C)(C)C. The van der Waals surface area contributed by atoms with Crippen LogP contribution in [0, 0.1) is 5.82 Å². The van der Waals surface area contributed by atoms with Gasteiger partial charge in [0.15, 0.2) is 17.4 Å². The molecule has 4 N–H and O–H groups in total. The van der Waals surface area contributed by atoms with Gasteiger partial charge in [0.2, 0.25) is 0 Å². The van der Waals surface area contributed by atoms with Crippen molar-refractivity contribution in [2.45, 2.75) is 39.7 Å². The van der Waals surface area contributed by atoms with Crippen LogP contribution in [0.25, 0.3) is 0 Å². The number of benzene rings is 1. The second-order valence-electron chi connectivity index (χ2n) is 6.53. The van der Waals surface area contributed by atoms with Gasteiger partial charge in [0.1, 0.15) is 11.4 Å². The Hall–Kier alpha value is -3.03. The zero-order valence-electron chi connectivity index (χ0n) is 15.2. The number of amides is 1. The molecule has 1 aromatic heterocycles. The van der Waals surface area contributed by atoms with Gasteiger partial charge in [0.25, 0.3) is 0 Å². The Morgan fingerprint density at radius 1 is 1.27 bits per heavy atom. The van der Waals surface area contributed by atoms with E-state index in [2.05, 4.69) is 15.8 Å². The number of hydrogen-bond acceptors (Lipinski definition) is 6. The maximum atomic E-state index is 14.0. The maximum Gasteiger partial charge on any atom is 0.426 e. The highest BCUT2D eigenvalue weighted by Gasteiger charge is 2.17. The molecule has 0 aliphatic carbocycles. The van der Waals surface area contributed by atoms with Gasteiger partial charge in [0, 0.05) is 23.5 Å². The molecule has 2 aromatic rings. The second-order valence-corrected chi connectivity index (χ2v) is 6.53. The van der Waals surface area contributed by atoms with E-state index in [0.717, 1.165) is 0 Å². The first-order valence-electron chi connectivity index (χ1n) is 8.15. The fourth-order valence-corrected chi connectivity index (χ4v) is 2.15. The molecule has 0 fully saturated rings. The van der Waals surface area contributed by atoms with Gasteiger partial charge >= 0.3 is 6.09 Å². The third-order valence-electron chi connectivity index (χ3n) is 3.22. The second kappa shape index (κ2) is 7.90. The number of hydrazine groups is 1. The summed E-state index contributed by atoms with van der Waals surface area (Å²) in [4.78, 5) is 15.9.